The quantitative estimate of drug-likeness (QED) is 0.800. The SMILES string of the molecule is CC1CC(C(=O)O)C(C(=O)N2CCCC(CO)C2)C1. The van der Waals surface area contributed by atoms with Crippen LogP contribution in [0.3, 0.4) is 0 Å². The summed E-state index contributed by atoms with van der Waals surface area (Å²) in [6.45, 7) is 3.39. The highest BCUT2D eigenvalue weighted by molar-refractivity contribution is 5.85. The minimum Gasteiger partial charge on any atom is -0.481 e. The van der Waals surface area contributed by atoms with Crippen molar-refractivity contribution >= 4 is 11.9 Å². The van der Waals surface area contributed by atoms with Gasteiger partial charge in [0.1, 0.15) is 0 Å². The Hall–Kier alpha value is -1.10. The van der Waals surface area contributed by atoms with Crippen LogP contribution in [0.1, 0.15) is 32.6 Å². The fourth-order valence-corrected chi connectivity index (χ4v) is 3.49. The van der Waals surface area contributed by atoms with Crippen molar-refractivity contribution < 1.29 is 19.8 Å². The molecule has 5 heteroatoms. The summed E-state index contributed by atoms with van der Waals surface area (Å²) in [6.07, 6.45) is 3.12. The number of rotatable bonds is 3. The van der Waals surface area contributed by atoms with Crippen molar-refractivity contribution in [3.63, 3.8) is 0 Å². The van der Waals surface area contributed by atoms with Crippen LogP contribution in [0.2, 0.25) is 0 Å². The number of carboxylic acids is 1. The van der Waals surface area contributed by atoms with E-state index in [0.29, 0.717) is 31.8 Å². The zero-order chi connectivity index (χ0) is 14.0. The summed E-state index contributed by atoms with van der Waals surface area (Å²) in [6, 6.07) is 0. The number of carbonyl (C=O) groups excluding carboxylic acids is 1. The minimum atomic E-state index is -0.849. The average molecular weight is 269 g/mol. The molecule has 0 bridgehead atoms. The fourth-order valence-electron chi connectivity index (χ4n) is 3.49. The second-order valence-electron chi connectivity index (χ2n) is 6.10. The first-order valence-corrected chi connectivity index (χ1v) is 7.15. The van der Waals surface area contributed by atoms with Gasteiger partial charge in [-0.25, -0.2) is 0 Å². The van der Waals surface area contributed by atoms with E-state index >= 15 is 0 Å². The van der Waals surface area contributed by atoms with E-state index in [1.54, 1.807) is 4.90 Å². The molecular formula is C14H23NO4. The summed E-state index contributed by atoms with van der Waals surface area (Å²) < 4.78 is 0. The first kappa shape index (κ1) is 14.3. The molecule has 0 radical (unpaired) electrons. The molecule has 108 valence electrons. The summed E-state index contributed by atoms with van der Waals surface area (Å²) in [5.41, 5.74) is 0. The molecule has 1 amide bonds. The molecule has 1 saturated heterocycles. The topological polar surface area (TPSA) is 77.8 Å². The predicted octanol–water partition coefficient (Wildman–Crippen LogP) is 0.964. The van der Waals surface area contributed by atoms with Crippen molar-refractivity contribution in [3.05, 3.63) is 0 Å². The van der Waals surface area contributed by atoms with Gasteiger partial charge in [-0.05, 0) is 37.5 Å². The molecule has 0 spiro atoms. The third-order valence-electron chi connectivity index (χ3n) is 4.52. The van der Waals surface area contributed by atoms with Crippen molar-refractivity contribution in [1.82, 2.24) is 4.90 Å². The number of piperidine rings is 1. The van der Waals surface area contributed by atoms with Crippen molar-refractivity contribution in [2.75, 3.05) is 19.7 Å². The number of aliphatic hydroxyl groups excluding tert-OH is 1. The highest BCUT2D eigenvalue weighted by Crippen LogP contribution is 2.38. The van der Waals surface area contributed by atoms with Gasteiger partial charge in [-0.3, -0.25) is 9.59 Å². The van der Waals surface area contributed by atoms with Crippen molar-refractivity contribution in [3.8, 4) is 0 Å². The molecule has 1 heterocycles. The Morgan fingerprint density at radius 3 is 2.58 bits per heavy atom. The standard InChI is InChI=1S/C14H23NO4/c1-9-5-11(12(6-9)14(18)19)13(17)15-4-2-3-10(7-15)8-16/h9-12,16H,2-8H2,1H3,(H,18,19). The number of amides is 1. The van der Waals surface area contributed by atoms with Crippen LogP contribution >= 0.6 is 0 Å². The molecule has 2 fully saturated rings. The molecule has 5 nitrogen and oxygen atoms in total. The number of carboxylic acid groups (broad SMARTS) is 1. The van der Waals surface area contributed by atoms with Gasteiger partial charge in [0.25, 0.3) is 0 Å². The van der Waals surface area contributed by atoms with E-state index in [2.05, 4.69) is 0 Å². The first-order valence-electron chi connectivity index (χ1n) is 7.15. The van der Waals surface area contributed by atoms with Gasteiger partial charge in [0.15, 0.2) is 0 Å². The van der Waals surface area contributed by atoms with Gasteiger partial charge in [0.05, 0.1) is 11.8 Å². The van der Waals surface area contributed by atoms with Gasteiger partial charge in [-0.15, -0.1) is 0 Å². The van der Waals surface area contributed by atoms with Gasteiger partial charge >= 0.3 is 5.97 Å². The zero-order valence-corrected chi connectivity index (χ0v) is 11.4. The number of carbonyl (C=O) groups is 2. The van der Waals surface area contributed by atoms with E-state index in [1.165, 1.54) is 0 Å². The monoisotopic (exact) mass is 269 g/mol. The largest absolute Gasteiger partial charge is 0.481 e. The molecule has 0 aromatic heterocycles. The number of nitrogens with zero attached hydrogens (tertiary/aromatic N) is 1. The summed E-state index contributed by atoms with van der Waals surface area (Å²) >= 11 is 0. The molecule has 4 atom stereocenters. The molecule has 2 N–H and O–H groups in total. The van der Waals surface area contributed by atoms with Crippen LogP contribution in [0.25, 0.3) is 0 Å². The highest BCUT2D eigenvalue weighted by atomic mass is 16.4. The Bertz CT molecular complexity index is 357. The summed E-state index contributed by atoms with van der Waals surface area (Å²) in [4.78, 5) is 25.5. The van der Waals surface area contributed by atoms with E-state index < -0.39 is 11.9 Å². The molecule has 1 aliphatic carbocycles. The van der Waals surface area contributed by atoms with Crippen molar-refractivity contribution in [1.29, 1.82) is 0 Å². The van der Waals surface area contributed by atoms with Gasteiger partial charge in [0, 0.05) is 19.7 Å². The second-order valence-corrected chi connectivity index (χ2v) is 6.10. The lowest BCUT2D eigenvalue weighted by molar-refractivity contribution is -0.150. The Morgan fingerprint density at radius 2 is 1.95 bits per heavy atom. The lowest BCUT2D eigenvalue weighted by atomic mass is 9.92. The molecule has 2 rings (SSSR count). The number of hydrogen-bond acceptors (Lipinski definition) is 3. The first-order chi connectivity index (χ1) is 9.02. The van der Waals surface area contributed by atoms with Crippen LogP contribution in [-0.2, 0) is 9.59 Å². The Kier molecular flexibility index (Phi) is 4.45. The van der Waals surface area contributed by atoms with Gasteiger partial charge in [-0.2, -0.15) is 0 Å². The minimum absolute atomic E-state index is 0.0186. The number of likely N-dealkylation sites (tertiary alicyclic amines) is 1. The maximum absolute atomic E-state index is 12.5. The van der Waals surface area contributed by atoms with E-state index in [0.717, 1.165) is 12.8 Å². The predicted molar refractivity (Wildman–Crippen MR) is 69.4 cm³/mol. The lowest BCUT2D eigenvalue weighted by Gasteiger charge is -2.34. The van der Waals surface area contributed by atoms with E-state index in [4.69, 9.17) is 0 Å². The second kappa shape index (κ2) is 5.90. The van der Waals surface area contributed by atoms with E-state index in [1.807, 2.05) is 6.92 Å². The van der Waals surface area contributed by atoms with Gasteiger partial charge in [0.2, 0.25) is 5.91 Å². The Balaban J connectivity index is 2.03. The van der Waals surface area contributed by atoms with Crippen LogP contribution in [0, 0.1) is 23.7 Å². The third kappa shape index (κ3) is 3.08. The van der Waals surface area contributed by atoms with Crippen molar-refractivity contribution in [2.24, 2.45) is 23.7 Å². The molecule has 19 heavy (non-hydrogen) atoms. The Labute approximate surface area is 113 Å². The van der Waals surface area contributed by atoms with Crippen LogP contribution in [0.4, 0.5) is 0 Å². The van der Waals surface area contributed by atoms with Crippen LogP contribution in [0.15, 0.2) is 0 Å². The molecule has 1 aliphatic heterocycles. The summed E-state index contributed by atoms with van der Waals surface area (Å²) in [7, 11) is 0. The fraction of sp³-hybridized carbons (Fsp3) is 0.857. The number of aliphatic hydroxyl groups is 1. The summed E-state index contributed by atoms with van der Waals surface area (Å²) in [5.74, 6) is -1.32. The van der Waals surface area contributed by atoms with Gasteiger partial charge in [-0.1, -0.05) is 6.92 Å². The molecule has 1 saturated carbocycles. The van der Waals surface area contributed by atoms with Crippen LogP contribution in [0.5, 0.6) is 0 Å². The molecular weight excluding hydrogens is 246 g/mol. The van der Waals surface area contributed by atoms with E-state index in [9.17, 15) is 19.8 Å². The maximum atomic E-state index is 12.5. The maximum Gasteiger partial charge on any atom is 0.307 e. The normalized spacial score (nSPS) is 35.4. The smallest absolute Gasteiger partial charge is 0.307 e. The van der Waals surface area contributed by atoms with E-state index in [-0.39, 0.29) is 24.3 Å². The van der Waals surface area contributed by atoms with Crippen LogP contribution < -0.4 is 0 Å². The molecule has 2 aliphatic rings. The Morgan fingerprint density at radius 1 is 1.26 bits per heavy atom. The zero-order valence-electron chi connectivity index (χ0n) is 11.4. The molecule has 4 unspecified atom stereocenters. The molecule has 0 aromatic rings. The van der Waals surface area contributed by atoms with Gasteiger partial charge < -0.3 is 15.1 Å². The average Bonchev–Trinajstić information content (AvgIpc) is 2.80. The number of hydrogen-bond donors (Lipinski definition) is 2. The lowest BCUT2D eigenvalue weighted by Crippen LogP contribution is -2.45. The summed E-state index contributed by atoms with van der Waals surface area (Å²) in [5, 5.41) is 18.4. The number of aliphatic carboxylic acids is 1. The highest BCUT2D eigenvalue weighted by Gasteiger charge is 2.43. The van der Waals surface area contributed by atoms with Crippen molar-refractivity contribution in [2.45, 2.75) is 32.6 Å². The molecule has 0 aromatic carbocycles. The third-order valence-corrected chi connectivity index (χ3v) is 4.52. The van der Waals surface area contributed by atoms with Crippen LogP contribution in [-0.4, -0.2) is 46.7 Å².